The highest BCUT2D eigenvalue weighted by Crippen LogP contribution is 2.28. The van der Waals surface area contributed by atoms with Crippen LogP contribution in [0.2, 0.25) is 0 Å². The summed E-state index contributed by atoms with van der Waals surface area (Å²) in [6.45, 7) is 10.3. The lowest BCUT2D eigenvalue weighted by Crippen LogP contribution is -2.39. The van der Waals surface area contributed by atoms with Crippen LogP contribution >= 0.6 is 0 Å². The van der Waals surface area contributed by atoms with Crippen LogP contribution in [-0.2, 0) is 4.74 Å². The number of carbonyl (C=O) groups excluding carboxylic acids is 2. The fraction of sp³-hybridized carbons (Fsp3) is 0.474. The SMILES string of the molecule is CC(C)COC(=O)c1cc2c(C(=O)CNC(C)(C)C)ccc(O)c2[nH]1. The Balaban J connectivity index is 2.32. The molecule has 0 amide bonds. The van der Waals surface area contributed by atoms with Crippen molar-refractivity contribution in [1.82, 2.24) is 10.3 Å². The zero-order valence-electron chi connectivity index (χ0n) is 15.4. The first kappa shape index (κ1) is 19.0. The molecule has 0 aliphatic carbocycles. The van der Waals surface area contributed by atoms with Gasteiger partial charge in [0.25, 0.3) is 0 Å². The number of aromatic nitrogens is 1. The molecule has 0 aliphatic rings. The van der Waals surface area contributed by atoms with E-state index in [4.69, 9.17) is 4.74 Å². The molecule has 6 heteroatoms. The minimum atomic E-state index is -0.504. The number of ketones is 1. The third-order valence-corrected chi connectivity index (χ3v) is 3.62. The highest BCUT2D eigenvalue weighted by molar-refractivity contribution is 6.11. The Hall–Kier alpha value is -2.34. The number of ether oxygens (including phenoxy) is 1. The van der Waals surface area contributed by atoms with E-state index >= 15 is 0 Å². The van der Waals surface area contributed by atoms with Crippen molar-refractivity contribution in [3.05, 3.63) is 29.5 Å². The molecule has 0 atom stereocenters. The lowest BCUT2D eigenvalue weighted by molar-refractivity contribution is 0.0453. The van der Waals surface area contributed by atoms with Gasteiger partial charge in [-0.15, -0.1) is 0 Å². The molecular weight excluding hydrogens is 320 g/mol. The lowest BCUT2D eigenvalue weighted by Gasteiger charge is -2.20. The van der Waals surface area contributed by atoms with Crippen molar-refractivity contribution >= 4 is 22.7 Å². The molecule has 136 valence electrons. The highest BCUT2D eigenvalue weighted by Gasteiger charge is 2.20. The number of carbonyl (C=O) groups is 2. The molecule has 0 fully saturated rings. The van der Waals surface area contributed by atoms with Gasteiger partial charge in [-0.3, -0.25) is 4.79 Å². The molecule has 2 rings (SSSR count). The summed E-state index contributed by atoms with van der Waals surface area (Å²) in [7, 11) is 0. The normalized spacial score (nSPS) is 11.9. The number of esters is 1. The average molecular weight is 346 g/mol. The highest BCUT2D eigenvalue weighted by atomic mass is 16.5. The smallest absolute Gasteiger partial charge is 0.354 e. The van der Waals surface area contributed by atoms with Gasteiger partial charge >= 0.3 is 5.97 Å². The van der Waals surface area contributed by atoms with E-state index in [1.165, 1.54) is 6.07 Å². The third-order valence-electron chi connectivity index (χ3n) is 3.62. The number of H-pyrrole nitrogens is 1. The maximum Gasteiger partial charge on any atom is 0.354 e. The molecule has 6 nitrogen and oxygen atoms in total. The van der Waals surface area contributed by atoms with E-state index < -0.39 is 5.97 Å². The third kappa shape index (κ3) is 4.82. The molecule has 3 N–H and O–H groups in total. The topological polar surface area (TPSA) is 91.4 Å². The molecule has 0 aliphatic heterocycles. The van der Waals surface area contributed by atoms with Crippen LogP contribution in [0.3, 0.4) is 0 Å². The summed E-state index contributed by atoms with van der Waals surface area (Å²) in [6.07, 6.45) is 0. The molecule has 0 spiro atoms. The van der Waals surface area contributed by atoms with Crippen LogP contribution in [0.15, 0.2) is 18.2 Å². The minimum Gasteiger partial charge on any atom is -0.506 e. The van der Waals surface area contributed by atoms with Crippen molar-refractivity contribution < 1.29 is 19.4 Å². The quantitative estimate of drug-likeness (QED) is 0.552. The molecule has 0 unspecified atom stereocenters. The second-order valence-corrected chi connectivity index (χ2v) is 7.62. The Labute approximate surface area is 147 Å². The number of phenolic OH excluding ortho intramolecular Hbond substituents is 1. The number of rotatable bonds is 6. The number of aromatic amines is 1. The monoisotopic (exact) mass is 346 g/mol. The largest absolute Gasteiger partial charge is 0.506 e. The molecule has 0 radical (unpaired) electrons. The Morgan fingerprint density at radius 2 is 1.96 bits per heavy atom. The Kier molecular flexibility index (Phi) is 5.52. The lowest BCUT2D eigenvalue weighted by atomic mass is 10.0. The molecule has 0 bridgehead atoms. The van der Waals surface area contributed by atoms with Crippen LogP contribution in [0.4, 0.5) is 0 Å². The summed E-state index contributed by atoms with van der Waals surface area (Å²) in [5, 5.41) is 13.7. The maximum absolute atomic E-state index is 12.5. The fourth-order valence-corrected chi connectivity index (χ4v) is 2.32. The van der Waals surface area contributed by atoms with Crippen molar-refractivity contribution in [2.75, 3.05) is 13.2 Å². The van der Waals surface area contributed by atoms with Gasteiger partial charge in [-0.2, -0.15) is 0 Å². The van der Waals surface area contributed by atoms with E-state index in [2.05, 4.69) is 10.3 Å². The fourth-order valence-electron chi connectivity index (χ4n) is 2.32. The van der Waals surface area contributed by atoms with Gasteiger partial charge in [0.15, 0.2) is 5.78 Å². The Bertz CT molecular complexity index is 785. The van der Waals surface area contributed by atoms with Gasteiger partial charge in [0.2, 0.25) is 0 Å². The van der Waals surface area contributed by atoms with Gasteiger partial charge in [-0.05, 0) is 44.9 Å². The van der Waals surface area contributed by atoms with E-state index in [9.17, 15) is 14.7 Å². The van der Waals surface area contributed by atoms with E-state index in [0.29, 0.717) is 23.1 Å². The van der Waals surface area contributed by atoms with E-state index in [0.717, 1.165) is 0 Å². The minimum absolute atomic E-state index is 0.0155. The summed E-state index contributed by atoms with van der Waals surface area (Å²) in [5.41, 5.74) is 0.840. The predicted octanol–water partition coefficient (Wildman–Crippen LogP) is 3.26. The zero-order chi connectivity index (χ0) is 18.8. The van der Waals surface area contributed by atoms with Crippen molar-refractivity contribution in [3.8, 4) is 5.75 Å². The van der Waals surface area contributed by atoms with Gasteiger partial charge in [0, 0.05) is 16.5 Å². The van der Waals surface area contributed by atoms with Crippen LogP contribution in [0, 0.1) is 5.92 Å². The number of phenols is 1. The number of hydrogen-bond acceptors (Lipinski definition) is 5. The summed E-state index contributed by atoms with van der Waals surface area (Å²) < 4.78 is 5.20. The van der Waals surface area contributed by atoms with Gasteiger partial charge < -0.3 is 20.1 Å². The number of hydrogen-bond donors (Lipinski definition) is 3. The van der Waals surface area contributed by atoms with E-state index in [1.54, 1.807) is 12.1 Å². The Morgan fingerprint density at radius 1 is 1.28 bits per heavy atom. The second-order valence-electron chi connectivity index (χ2n) is 7.62. The van der Waals surface area contributed by atoms with Crippen molar-refractivity contribution in [3.63, 3.8) is 0 Å². The first-order chi connectivity index (χ1) is 11.6. The van der Waals surface area contributed by atoms with Gasteiger partial charge in [-0.25, -0.2) is 4.79 Å². The van der Waals surface area contributed by atoms with Crippen LogP contribution in [0.1, 0.15) is 55.5 Å². The van der Waals surface area contributed by atoms with Crippen molar-refractivity contribution in [2.24, 2.45) is 5.92 Å². The zero-order valence-corrected chi connectivity index (χ0v) is 15.4. The molecule has 2 aromatic rings. The molecule has 25 heavy (non-hydrogen) atoms. The van der Waals surface area contributed by atoms with Crippen LogP contribution in [0.5, 0.6) is 5.75 Å². The molecular formula is C19H26N2O4. The molecule has 1 aromatic heterocycles. The summed E-state index contributed by atoms with van der Waals surface area (Å²) >= 11 is 0. The molecule has 1 aromatic carbocycles. The van der Waals surface area contributed by atoms with Crippen molar-refractivity contribution in [1.29, 1.82) is 0 Å². The van der Waals surface area contributed by atoms with Crippen LogP contribution in [0.25, 0.3) is 10.9 Å². The predicted molar refractivity (Wildman–Crippen MR) is 97.2 cm³/mol. The number of Topliss-reactive ketones (excluding diaryl/α,β-unsaturated/α-hetero) is 1. The summed E-state index contributed by atoms with van der Waals surface area (Å²) in [6, 6.07) is 4.58. The van der Waals surface area contributed by atoms with Gasteiger partial charge in [-0.1, -0.05) is 13.8 Å². The van der Waals surface area contributed by atoms with Crippen LogP contribution in [-0.4, -0.2) is 40.5 Å². The molecule has 0 saturated heterocycles. The number of aromatic hydroxyl groups is 1. The maximum atomic E-state index is 12.5. The number of fused-ring (bicyclic) bond motifs is 1. The first-order valence-electron chi connectivity index (χ1n) is 8.38. The number of benzene rings is 1. The molecule has 0 saturated carbocycles. The van der Waals surface area contributed by atoms with Crippen molar-refractivity contribution in [2.45, 2.75) is 40.2 Å². The number of nitrogens with one attached hydrogen (secondary N) is 2. The van der Waals surface area contributed by atoms with Gasteiger partial charge in [0.1, 0.15) is 11.4 Å². The molecule has 1 heterocycles. The first-order valence-corrected chi connectivity index (χ1v) is 8.38. The standard InChI is InChI=1S/C19H26N2O4/c1-11(2)10-25-18(24)14-8-13-12(6-7-15(22)17(13)21-14)16(23)9-20-19(3,4)5/h6-8,11,20-22H,9-10H2,1-5H3. The summed E-state index contributed by atoms with van der Waals surface area (Å²) in [4.78, 5) is 27.5. The van der Waals surface area contributed by atoms with E-state index in [-0.39, 0.29) is 35.2 Å². The van der Waals surface area contributed by atoms with Crippen LogP contribution < -0.4 is 5.32 Å². The second kappa shape index (κ2) is 7.27. The van der Waals surface area contributed by atoms with E-state index in [1.807, 2.05) is 34.6 Å². The summed E-state index contributed by atoms with van der Waals surface area (Å²) in [5.74, 6) is -0.405. The average Bonchev–Trinajstić information content (AvgIpc) is 2.96. The Morgan fingerprint density at radius 3 is 2.56 bits per heavy atom. The van der Waals surface area contributed by atoms with Gasteiger partial charge in [0.05, 0.1) is 18.7 Å².